The van der Waals surface area contributed by atoms with Gasteiger partial charge in [-0.1, -0.05) is 13.3 Å². The number of hydrogen-bond acceptors (Lipinski definition) is 3. The van der Waals surface area contributed by atoms with Crippen LogP contribution in [0.3, 0.4) is 0 Å². The lowest BCUT2D eigenvalue weighted by atomic mass is 9.68. The van der Waals surface area contributed by atoms with E-state index >= 15 is 0 Å². The number of likely N-dealkylation sites (N-methyl/N-ethyl adjacent to an activating group) is 1. The predicted octanol–water partition coefficient (Wildman–Crippen LogP) is 0.309. The largest absolute Gasteiger partial charge is 0.480 e. The van der Waals surface area contributed by atoms with Gasteiger partial charge in [-0.2, -0.15) is 0 Å². The van der Waals surface area contributed by atoms with Crippen molar-refractivity contribution in [3.63, 3.8) is 0 Å². The molecule has 0 spiro atoms. The number of nitrogens with one attached hydrogen (secondary N) is 1. The van der Waals surface area contributed by atoms with Crippen LogP contribution in [0.5, 0.6) is 0 Å². The summed E-state index contributed by atoms with van der Waals surface area (Å²) < 4.78 is 0. The summed E-state index contributed by atoms with van der Waals surface area (Å²) in [7, 11) is 1.96. The van der Waals surface area contributed by atoms with E-state index in [0.29, 0.717) is 19.4 Å². The smallest absolute Gasteiger partial charge is 0.319 e. The summed E-state index contributed by atoms with van der Waals surface area (Å²) in [6.45, 7) is 4.21. The van der Waals surface area contributed by atoms with E-state index in [1.165, 1.54) is 0 Å². The minimum absolute atomic E-state index is 0.323. The van der Waals surface area contributed by atoms with Crippen molar-refractivity contribution >= 4 is 11.9 Å². The first-order valence-corrected chi connectivity index (χ1v) is 5.73. The highest BCUT2D eigenvalue weighted by Crippen LogP contribution is 2.41. The maximum absolute atomic E-state index is 11.7. The second kappa shape index (κ2) is 5.30. The molecule has 0 bridgehead atoms. The van der Waals surface area contributed by atoms with Crippen molar-refractivity contribution in [2.45, 2.75) is 26.2 Å². The fourth-order valence-corrected chi connectivity index (χ4v) is 1.76. The molecule has 0 unspecified atom stereocenters. The molecular formula is C11H20N2O3. The van der Waals surface area contributed by atoms with Gasteiger partial charge < -0.3 is 15.3 Å². The Bertz CT molecular complexity index is 274. The van der Waals surface area contributed by atoms with Crippen LogP contribution in [0.4, 0.5) is 0 Å². The van der Waals surface area contributed by atoms with Crippen LogP contribution in [-0.2, 0) is 9.59 Å². The van der Waals surface area contributed by atoms with Gasteiger partial charge in [0.2, 0.25) is 5.91 Å². The van der Waals surface area contributed by atoms with Gasteiger partial charge in [0.05, 0.1) is 0 Å². The second-order valence-electron chi connectivity index (χ2n) is 4.39. The Morgan fingerprint density at radius 1 is 1.44 bits per heavy atom. The van der Waals surface area contributed by atoms with Crippen LogP contribution < -0.4 is 5.32 Å². The van der Waals surface area contributed by atoms with Crippen molar-refractivity contribution in [2.24, 2.45) is 5.41 Å². The van der Waals surface area contributed by atoms with E-state index in [2.05, 4.69) is 10.2 Å². The predicted molar refractivity (Wildman–Crippen MR) is 60.1 cm³/mol. The molecule has 1 aliphatic carbocycles. The Kier molecular flexibility index (Phi) is 4.29. The average Bonchev–Trinajstić information content (AvgIpc) is 2.15. The van der Waals surface area contributed by atoms with Gasteiger partial charge in [0.25, 0.3) is 0 Å². The van der Waals surface area contributed by atoms with Gasteiger partial charge in [-0.3, -0.25) is 9.59 Å². The lowest BCUT2D eigenvalue weighted by molar-refractivity contribution is -0.162. The number of amides is 1. The van der Waals surface area contributed by atoms with Gasteiger partial charge in [0, 0.05) is 13.1 Å². The summed E-state index contributed by atoms with van der Waals surface area (Å²) in [6, 6.07) is 0. The van der Waals surface area contributed by atoms with Crippen molar-refractivity contribution in [2.75, 3.05) is 26.7 Å². The summed E-state index contributed by atoms with van der Waals surface area (Å²) in [6.07, 6.45) is 1.77. The third kappa shape index (κ3) is 2.52. The topological polar surface area (TPSA) is 69.6 Å². The number of carbonyl (C=O) groups excluding carboxylic acids is 1. The third-order valence-corrected chi connectivity index (χ3v) is 3.37. The van der Waals surface area contributed by atoms with Crippen molar-refractivity contribution in [1.29, 1.82) is 0 Å². The van der Waals surface area contributed by atoms with Gasteiger partial charge in [-0.05, 0) is 26.4 Å². The fourth-order valence-electron chi connectivity index (χ4n) is 1.76. The van der Waals surface area contributed by atoms with E-state index in [-0.39, 0.29) is 5.91 Å². The van der Waals surface area contributed by atoms with E-state index in [4.69, 9.17) is 5.11 Å². The summed E-state index contributed by atoms with van der Waals surface area (Å²) in [5, 5.41) is 11.7. The third-order valence-electron chi connectivity index (χ3n) is 3.37. The maximum atomic E-state index is 11.7. The van der Waals surface area contributed by atoms with Crippen LogP contribution in [0, 0.1) is 5.41 Å². The molecule has 0 aliphatic heterocycles. The molecule has 1 amide bonds. The van der Waals surface area contributed by atoms with Gasteiger partial charge >= 0.3 is 5.97 Å². The van der Waals surface area contributed by atoms with E-state index < -0.39 is 11.4 Å². The normalized spacial score (nSPS) is 17.9. The minimum Gasteiger partial charge on any atom is -0.480 e. The zero-order valence-corrected chi connectivity index (χ0v) is 9.95. The SMILES string of the molecule is CCN(C)CCNC(=O)C1(C(=O)O)CCC1. The monoisotopic (exact) mass is 228 g/mol. The molecule has 2 N–H and O–H groups in total. The molecular weight excluding hydrogens is 208 g/mol. The Morgan fingerprint density at radius 3 is 2.44 bits per heavy atom. The molecule has 0 aromatic carbocycles. The number of carboxylic acids is 1. The number of aliphatic carboxylic acids is 1. The number of nitrogens with zero attached hydrogens (tertiary/aromatic N) is 1. The molecule has 0 saturated heterocycles. The standard InChI is InChI=1S/C11H20N2O3/c1-3-13(2)8-7-12-9(14)11(10(15)16)5-4-6-11/h3-8H2,1-2H3,(H,12,14)(H,15,16). The Morgan fingerprint density at radius 2 is 2.06 bits per heavy atom. The Balaban J connectivity index is 2.37. The van der Waals surface area contributed by atoms with E-state index in [1.54, 1.807) is 0 Å². The minimum atomic E-state index is -1.13. The van der Waals surface area contributed by atoms with Crippen LogP contribution in [0.15, 0.2) is 0 Å². The van der Waals surface area contributed by atoms with Crippen molar-refractivity contribution in [1.82, 2.24) is 10.2 Å². The van der Waals surface area contributed by atoms with Gasteiger partial charge in [0.1, 0.15) is 5.41 Å². The van der Waals surface area contributed by atoms with Crippen molar-refractivity contribution < 1.29 is 14.7 Å². The first kappa shape index (κ1) is 13.0. The number of hydrogen-bond donors (Lipinski definition) is 2. The zero-order chi connectivity index (χ0) is 12.2. The van der Waals surface area contributed by atoms with E-state index in [0.717, 1.165) is 19.5 Å². The first-order valence-electron chi connectivity index (χ1n) is 5.73. The average molecular weight is 228 g/mol. The number of rotatable bonds is 6. The molecule has 1 saturated carbocycles. The van der Waals surface area contributed by atoms with Crippen LogP contribution in [0.25, 0.3) is 0 Å². The molecule has 5 nitrogen and oxygen atoms in total. The number of carboxylic acid groups (broad SMARTS) is 1. The lowest BCUT2D eigenvalue weighted by Crippen LogP contribution is -2.52. The van der Waals surface area contributed by atoms with Crippen LogP contribution in [-0.4, -0.2) is 48.6 Å². The van der Waals surface area contributed by atoms with E-state index in [1.807, 2.05) is 14.0 Å². The zero-order valence-electron chi connectivity index (χ0n) is 9.95. The molecule has 1 fully saturated rings. The van der Waals surface area contributed by atoms with E-state index in [9.17, 15) is 9.59 Å². The lowest BCUT2D eigenvalue weighted by Gasteiger charge is -2.35. The van der Waals surface area contributed by atoms with Gasteiger partial charge in [-0.25, -0.2) is 0 Å². The molecule has 92 valence electrons. The molecule has 0 aromatic heterocycles. The molecule has 0 atom stereocenters. The highest BCUT2D eigenvalue weighted by molar-refractivity contribution is 6.02. The van der Waals surface area contributed by atoms with Crippen LogP contribution in [0.1, 0.15) is 26.2 Å². The molecule has 0 heterocycles. The van der Waals surface area contributed by atoms with Crippen LogP contribution >= 0.6 is 0 Å². The highest BCUT2D eigenvalue weighted by atomic mass is 16.4. The molecule has 1 rings (SSSR count). The van der Waals surface area contributed by atoms with Crippen LogP contribution in [0.2, 0.25) is 0 Å². The molecule has 5 heteroatoms. The van der Waals surface area contributed by atoms with Crippen molar-refractivity contribution in [3.05, 3.63) is 0 Å². The maximum Gasteiger partial charge on any atom is 0.319 e. The molecule has 1 aliphatic rings. The Hall–Kier alpha value is -1.10. The fraction of sp³-hybridized carbons (Fsp3) is 0.818. The molecule has 0 aromatic rings. The Labute approximate surface area is 95.8 Å². The summed E-state index contributed by atoms with van der Waals surface area (Å²) in [4.78, 5) is 24.8. The first-order chi connectivity index (χ1) is 7.53. The molecule has 16 heavy (non-hydrogen) atoms. The summed E-state index contributed by atoms with van der Waals surface area (Å²) in [5.74, 6) is -1.31. The van der Waals surface area contributed by atoms with Crippen molar-refractivity contribution in [3.8, 4) is 0 Å². The number of carbonyl (C=O) groups is 2. The highest BCUT2D eigenvalue weighted by Gasteiger charge is 2.50. The molecule has 0 radical (unpaired) electrons. The summed E-state index contributed by atoms with van der Waals surface area (Å²) >= 11 is 0. The van der Waals surface area contributed by atoms with Gasteiger partial charge in [0.15, 0.2) is 0 Å². The summed E-state index contributed by atoms with van der Waals surface area (Å²) in [5.41, 5.74) is -1.13. The quantitative estimate of drug-likeness (QED) is 0.642. The second-order valence-corrected chi connectivity index (χ2v) is 4.39. The van der Waals surface area contributed by atoms with Gasteiger partial charge in [-0.15, -0.1) is 0 Å².